The molecule has 2 aromatic rings. The standard InChI is InChI=1S/C14H18N4OS/c1-9-8-10(2)18(16-9)14-15-11(3)12(20-14)13(19)17-6-4-5-7-17/h8H,4-7H2,1-3H3. The molecule has 0 unspecified atom stereocenters. The normalized spacial score (nSPS) is 15.1. The summed E-state index contributed by atoms with van der Waals surface area (Å²) in [5.74, 6) is 0.116. The van der Waals surface area contributed by atoms with E-state index >= 15 is 0 Å². The van der Waals surface area contributed by atoms with Crippen LogP contribution < -0.4 is 0 Å². The fraction of sp³-hybridized carbons (Fsp3) is 0.500. The van der Waals surface area contributed by atoms with Gasteiger partial charge in [0, 0.05) is 18.8 Å². The van der Waals surface area contributed by atoms with E-state index < -0.39 is 0 Å². The number of hydrogen-bond acceptors (Lipinski definition) is 4. The van der Waals surface area contributed by atoms with Gasteiger partial charge in [0.25, 0.3) is 5.91 Å². The molecule has 6 heteroatoms. The number of amides is 1. The first-order chi connectivity index (χ1) is 9.56. The summed E-state index contributed by atoms with van der Waals surface area (Å²) in [7, 11) is 0. The van der Waals surface area contributed by atoms with Gasteiger partial charge in [0.15, 0.2) is 0 Å². The minimum absolute atomic E-state index is 0.116. The maximum atomic E-state index is 12.5. The molecule has 1 aliphatic heterocycles. The van der Waals surface area contributed by atoms with Crippen LogP contribution in [0.25, 0.3) is 5.13 Å². The molecule has 106 valence electrons. The van der Waals surface area contributed by atoms with Gasteiger partial charge in [-0.3, -0.25) is 4.79 Å². The van der Waals surface area contributed by atoms with Gasteiger partial charge in [-0.1, -0.05) is 11.3 Å². The van der Waals surface area contributed by atoms with E-state index in [1.807, 2.05) is 36.4 Å². The molecule has 0 saturated carbocycles. The van der Waals surface area contributed by atoms with Crippen molar-refractivity contribution in [3.8, 4) is 5.13 Å². The maximum absolute atomic E-state index is 12.5. The summed E-state index contributed by atoms with van der Waals surface area (Å²) in [6.07, 6.45) is 2.21. The smallest absolute Gasteiger partial charge is 0.265 e. The third-order valence-corrected chi connectivity index (χ3v) is 4.68. The second-order valence-electron chi connectivity index (χ2n) is 5.25. The number of carbonyl (C=O) groups excluding carboxylic acids is 1. The van der Waals surface area contributed by atoms with E-state index in [9.17, 15) is 4.79 Å². The lowest BCUT2D eigenvalue weighted by atomic mass is 10.3. The first-order valence-corrected chi connectivity index (χ1v) is 7.68. The van der Waals surface area contributed by atoms with E-state index in [0.717, 1.165) is 53.0 Å². The van der Waals surface area contributed by atoms with Crippen molar-refractivity contribution in [1.29, 1.82) is 0 Å². The largest absolute Gasteiger partial charge is 0.338 e. The summed E-state index contributed by atoms with van der Waals surface area (Å²) in [5.41, 5.74) is 2.80. The number of aromatic nitrogens is 3. The van der Waals surface area contributed by atoms with Crippen molar-refractivity contribution in [3.63, 3.8) is 0 Å². The van der Waals surface area contributed by atoms with Crippen LogP contribution in [0.2, 0.25) is 0 Å². The molecule has 0 bridgehead atoms. The zero-order valence-corrected chi connectivity index (χ0v) is 12.8. The molecule has 0 aromatic carbocycles. The Kier molecular flexibility index (Phi) is 3.33. The number of aryl methyl sites for hydroxylation is 3. The summed E-state index contributed by atoms with van der Waals surface area (Å²) in [5, 5.41) is 5.21. The van der Waals surface area contributed by atoms with Crippen LogP contribution >= 0.6 is 11.3 Å². The van der Waals surface area contributed by atoms with Gasteiger partial charge in [-0.15, -0.1) is 0 Å². The van der Waals surface area contributed by atoms with Crippen LogP contribution in [0.3, 0.4) is 0 Å². The zero-order chi connectivity index (χ0) is 14.3. The van der Waals surface area contributed by atoms with Crippen LogP contribution in [0.1, 0.15) is 39.6 Å². The Morgan fingerprint density at radius 3 is 2.55 bits per heavy atom. The quantitative estimate of drug-likeness (QED) is 0.854. The Balaban J connectivity index is 1.94. The summed E-state index contributed by atoms with van der Waals surface area (Å²) < 4.78 is 1.81. The Labute approximate surface area is 122 Å². The van der Waals surface area contributed by atoms with Crippen LogP contribution in [0.4, 0.5) is 0 Å². The number of likely N-dealkylation sites (tertiary alicyclic amines) is 1. The van der Waals surface area contributed by atoms with Gasteiger partial charge in [-0.05, 0) is 39.7 Å². The van der Waals surface area contributed by atoms with E-state index in [2.05, 4.69) is 10.1 Å². The molecule has 0 aliphatic carbocycles. The average molecular weight is 290 g/mol. The second-order valence-corrected chi connectivity index (χ2v) is 6.23. The van der Waals surface area contributed by atoms with Crippen LogP contribution in [0, 0.1) is 20.8 Å². The van der Waals surface area contributed by atoms with Crippen molar-refractivity contribution in [3.05, 3.63) is 28.0 Å². The Bertz CT molecular complexity index is 652. The van der Waals surface area contributed by atoms with Gasteiger partial charge in [0.1, 0.15) is 4.88 Å². The van der Waals surface area contributed by atoms with E-state index in [4.69, 9.17) is 0 Å². The highest BCUT2D eigenvalue weighted by Gasteiger charge is 2.24. The molecule has 0 N–H and O–H groups in total. The molecular weight excluding hydrogens is 272 g/mol. The van der Waals surface area contributed by atoms with Gasteiger partial charge >= 0.3 is 0 Å². The van der Waals surface area contributed by atoms with Gasteiger partial charge < -0.3 is 4.90 Å². The van der Waals surface area contributed by atoms with Crippen molar-refractivity contribution in [2.24, 2.45) is 0 Å². The van der Waals surface area contributed by atoms with Crippen molar-refractivity contribution < 1.29 is 4.79 Å². The molecule has 0 radical (unpaired) electrons. The van der Waals surface area contributed by atoms with Crippen LogP contribution in [0.5, 0.6) is 0 Å². The maximum Gasteiger partial charge on any atom is 0.265 e. The lowest BCUT2D eigenvalue weighted by Gasteiger charge is -2.13. The fourth-order valence-corrected chi connectivity index (χ4v) is 3.60. The first kappa shape index (κ1) is 13.3. The minimum Gasteiger partial charge on any atom is -0.338 e. The zero-order valence-electron chi connectivity index (χ0n) is 12.0. The third kappa shape index (κ3) is 2.24. The predicted octanol–water partition coefficient (Wildman–Crippen LogP) is 2.49. The lowest BCUT2D eigenvalue weighted by molar-refractivity contribution is 0.0796. The van der Waals surface area contributed by atoms with E-state index in [1.54, 1.807) is 0 Å². The molecule has 20 heavy (non-hydrogen) atoms. The van der Waals surface area contributed by atoms with Gasteiger partial charge in [-0.25, -0.2) is 9.67 Å². The first-order valence-electron chi connectivity index (χ1n) is 6.86. The molecule has 1 saturated heterocycles. The number of carbonyl (C=O) groups is 1. The van der Waals surface area contributed by atoms with Crippen molar-refractivity contribution >= 4 is 17.2 Å². The monoisotopic (exact) mass is 290 g/mol. The van der Waals surface area contributed by atoms with Crippen LogP contribution in [-0.2, 0) is 0 Å². The molecule has 5 nitrogen and oxygen atoms in total. The minimum atomic E-state index is 0.116. The average Bonchev–Trinajstić information content (AvgIpc) is 3.09. The van der Waals surface area contributed by atoms with Crippen LogP contribution in [-0.4, -0.2) is 38.7 Å². The molecule has 1 fully saturated rings. The highest BCUT2D eigenvalue weighted by molar-refractivity contribution is 7.16. The molecule has 1 aliphatic rings. The topological polar surface area (TPSA) is 51.0 Å². The molecule has 2 aromatic heterocycles. The summed E-state index contributed by atoms with van der Waals surface area (Å²) in [4.78, 5) is 19.7. The summed E-state index contributed by atoms with van der Waals surface area (Å²) >= 11 is 1.43. The Hall–Kier alpha value is -1.69. The molecular formula is C14H18N4OS. The number of thiazole rings is 1. The molecule has 0 spiro atoms. The van der Waals surface area contributed by atoms with Crippen LogP contribution in [0.15, 0.2) is 6.07 Å². The van der Waals surface area contributed by atoms with E-state index in [-0.39, 0.29) is 5.91 Å². The molecule has 3 rings (SSSR count). The molecule has 1 amide bonds. The van der Waals surface area contributed by atoms with Crippen molar-refractivity contribution in [2.75, 3.05) is 13.1 Å². The highest BCUT2D eigenvalue weighted by Crippen LogP contribution is 2.25. The van der Waals surface area contributed by atoms with Crippen molar-refractivity contribution in [1.82, 2.24) is 19.7 Å². The fourth-order valence-electron chi connectivity index (χ4n) is 2.56. The number of hydrogen-bond donors (Lipinski definition) is 0. The van der Waals surface area contributed by atoms with Gasteiger partial charge in [-0.2, -0.15) is 5.10 Å². The van der Waals surface area contributed by atoms with E-state index in [0.29, 0.717) is 0 Å². The second kappa shape index (κ2) is 5.01. The Morgan fingerprint density at radius 1 is 1.25 bits per heavy atom. The van der Waals surface area contributed by atoms with Gasteiger partial charge in [0.05, 0.1) is 11.4 Å². The third-order valence-electron chi connectivity index (χ3n) is 3.56. The van der Waals surface area contributed by atoms with Gasteiger partial charge in [0.2, 0.25) is 5.13 Å². The highest BCUT2D eigenvalue weighted by atomic mass is 32.1. The summed E-state index contributed by atoms with van der Waals surface area (Å²) in [6, 6.07) is 2.01. The summed E-state index contributed by atoms with van der Waals surface area (Å²) in [6.45, 7) is 7.59. The predicted molar refractivity (Wildman–Crippen MR) is 78.6 cm³/mol. The number of nitrogens with zero attached hydrogens (tertiary/aromatic N) is 4. The SMILES string of the molecule is Cc1cc(C)n(-c2nc(C)c(C(=O)N3CCCC3)s2)n1. The molecule has 0 atom stereocenters. The molecule has 3 heterocycles. The number of rotatable bonds is 2. The van der Waals surface area contributed by atoms with Crippen molar-refractivity contribution in [2.45, 2.75) is 33.6 Å². The lowest BCUT2D eigenvalue weighted by Crippen LogP contribution is -2.27. The Morgan fingerprint density at radius 2 is 1.95 bits per heavy atom. The van der Waals surface area contributed by atoms with E-state index in [1.165, 1.54) is 11.3 Å².